The number of hydrogen-bond acceptors (Lipinski definition) is 5. The average Bonchev–Trinajstić information content (AvgIpc) is 3.29. The zero-order valence-electron chi connectivity index (χ0n) is 15.5. The van der Waals surface area contributed by atoms with Crippen molar-refractivity contribution < 1.29 is 9.53 Å². The van der Waals surface area contributed by atoms with Gasteiger partial charge in [-0.05, 0) is 43.2 Å². The molecule has 1 aliphatic rings. The van der Waals surface area contributed by atoms with Crippen LogP contribution >= 0.6 is 23.4 Å². The van der Waals surface area contributed by atoms with Crippen molar-refractivity contribution in [3.05, 3.63) is 53.1 Å². The molecule has 1 amide bonds. The summed E-state index contributed by atoms with van der Waals surface area (Å²) in [6.45, 7) is 2.07. The number of halogens is 1. The second-order valence-electron chi connectivity index (χ2n) is 6.55. The molecule has 0 aliphatic carbocycles. The first kappa shape index (κ1) is 18.8. The smallest absolute Gasteiger partial charge is 0.237 e. The summed E-state index contributed by atoms with van der Waals surface area (Å²) in [4.78, 5) is 19.2. The third kappa shape index (κ3) is 3.59. The molecule has 0 unspecified atom stereocenters. The number of para-hydroxylation sites is 1. The molecule has 1 N–H and O–H groups in total. The van der Waals surface area contributed by atoms with E-state index in [0.29, 0.717) is 21.8 Å². The predicted molar refractivity (Wildman–Crippen MR) is 111 cm³/mol. The maximum Gasteiger partial charge on any atom is 0.237 e. The number of methoxy groups -OCH3 is 1. The first-order chi connectivity index (χ1) is 13.6. The fraction of sp³-hybridized carbons (Fsp3) is 0.250. The van der Waals surface area contributed by atoms with Gasteiger partial charge < -0.3 is 9.64 Å². The van der Waals surface area contributed by atoms with Crippen molar-refractivity contribution in [1.82, 2.24) is 15.2 Å². The Hall–Kier alpha value is -2.51. The molecule has 2 heterocycles. The summed E-state index contributed by atoms with van der Waals surface area (Å²) in [5, 5.41) is 8.20. The first-order valence-electron chi connectivity index (χ1n) is 8.86. The Morgan fingerprint density at radius 2 is 2.18 bits per heavy atom. The number of aromatic nitrogens is 3. The molecule has 0 saturated heterocycles. The Morgan fingerprint density at radius 1 is 1.36 bits per heavy atom. The van der Waals surface area contributed by atoms with Crippen molar-refractivity contribution in [2.45, 2.75) is 24.5 Å². The number of fused-ring (bicyclic) bond motifs is 1. The van der Waals surface area contributed by atoms with Gasteiger partial charge in [-0.3, -0.25) is 9.89 Å². The number of carbonyl (C=O) groups excluding carboxylic acids is 1. The fourth-order valence-electron chi connectivity index (χ4n) is 3.44. The highest BCUT2D eigenvalue weighted by atomic mass is 35.5. The summed E-state index contributed by atoms with van der Waals surface area (Å²) in [7, 11) is 1.59. The highest BCUT2D eigenvalue weighted by Gasteiger charge is 2.30. The lowest BCUT2D eigenvalue weighted by atomic mass is 10.1. The van der Waals surface area contributed by atoms with Crippen molar-refractivity contribution in [1.29, 1.82) is 0 Å². The van der Waals surface area contributed by atoms with E-state index in [1.807, 2.05) is 23.1 Å². The third-order valence-electron chi connectivity index (χ3n) is 4.68. The van der Waals surface area contributed by atoms with Gasteiger partial charge in [0.2, 0.25) is 11.1 Å². The highest BCUT2D eigenvalue weighted by molar-refractivity contribution is 7.99. The Morgan fingerprint density at radius 3 is 3.00 bits per heavy atom. The number of thioether (sulfide) groups is 1. The standard InChI is InChI=1S/C20H19ClN4O2S/c1-12-9-13-5-3-4-6-16(13)25(12)18(26)11-28-20-22-19(23-24-20)15-10-14(21)7-8-17(15)27-2/h3-8,10,12H,9,11H2,1-2H3,(H,22,23,24)/t12-/m1/s1. The molecule has 2 aromatic carbocycles. The molecule has 144 valence electrons. The van der Waals surface area contributed by atoms with Crippen LogP contribution in [-0.4, -0.2) is 40.0 Å². The average molecular weight is 415 g/mol. The van der Waals surface area contributed by atoms with Gasteiger partial charge in [-0.2, -0.15) is 0 Å². The number of hydrogen-bond donors (Lipinski definition) is 1. The van der Waals surface area contributed by atoms with Gasteiger partial charge in [-0.1, -0.05) is 41.6 Å². The quantitative estimate of drug-likeness (QED) is 0.633. The van der Waals surface area contributed by atoms with E-state index in [1.165, 1.54) is 17.3 Å². The predicted octanol–water partition coefficient (Wildman–Crippen LogP) is 4.20. The lowest BCUT2D eigenvalue weighted by Crippen LogP contribution is -2.36. The minimum atomic E-state index is 0.0501. The summed E-state index contributed by atoms with van der Waals surface area (Å²) in [5.41, 5.74) is 2.93. The van der Waals surface area contributed by atoms with Crippen LogP contribution < -0.4 is 9.64 Å². The van der Waals surface area contributed by atoms with Crippen LogP contribution in [-0.2, 0) is 11.2 Å². The van der Waals surface area contributed by atoms with Gasteiger partial charge in [-0.25, -0.2) is 4.98 Å². The Balaban J connectivity index is 1.47. The molecule has 4 rings (SSSR count). The number of nitrogens with zero attached hydrogens (tertiary/aromatic N) is 3. The zero-order chi connectivity index (χ0) is 19.7. The molecule has 0 fully saturated rings. The molecular weight excluding hydrogens is 396 g/mol. The molecule has 0 radical (unpaired) electrons. The van der Waals surface area contributed by atoms with Crippen molar-refractivity contribution >= 4 is 35.0 Å². The van der Waals surface area contributed by atoms with Gasteiger partial charge in [0.05, 0.1) is 18.4 Å². The van der Waals surface area contributed by atoms with Crippen LogP contribution in [0, 0.1) is 0 Å². The highest BCUT2D eigenvalue weighted by Crippen LogP contribution is 2.33. The van der Waals surface area contributed by atoms with Gasteiger partial charge in [0, 0.05) is 16.8 Å². The van der Waals surface area contributed by atoms with Crippen LogP contribution in [0.1, 0.15) is 12.5 Å². The van der Waals surface area contributed by atoms with Crippen LogP contribution in [0.15, 0.2) is 47.6 Å². The topological polar surface area (TPSA) is 71.1 Å². The lowest BCUT2D eigenvalue weighted by Gasteiger charge is -2.22. The molecule has 1 aromatic heterocycles. The van der Waals surface area contributed by atoms with Gasteiger partial charge in [0.25, 0.3) is 0 Å². The molecule has 3 aromatic rings. The van der Waals surface area contributed by atoms with Crippen LogP contribution in [0.2, 0.25) is 5.02 Å². The Labute approximate surface area is 172 Å². The second kappa shape index (κ2) is 7.85. The van der Waals surface area contributed by atoms with Gasteiger partial charge in [-0.15, -0.1) is 5.10 Å². The number of rotatable bonds is 5. The van der Waals surface area contributed by atoms with E-state index in [2.05, 4.69) is 28.2 Å². The Bertz CT molecular complexity index is 1020. The molecular formula is C20H19ClN4O2S. The van der Waals surface area contributed by atoms with Gasteiger partial charge >= 0.3 is 0 Å². The maximum absolute atomic E-state index is 12.8. The summed E-state index contributed by atoms with van der Waals surface area (Å²) >= 11 is 7.39. The second-order valence-corrected chi connectivity index (χ2v) is 7.92. The van der Waals surface area contributed by atoms with Crippen LogP contribution in [0.5, 0.6) is 5.75 Å². The largest absolute Gasteiger partial charge is 0.496 e. The number of benzene rings is 2. The minimum Gasteiger partial charge on any atom is -0.496 e. The monoisotopic (exact) mass is 414 g/mol. The molecule has 8 heteroatoms. The SMILES string of the molecule is COc1ccc(Cl)cc1-c1nc(SCC(=O)N2c3ccccc3C[C@H]2C)n[nH]1. The number of amides is 1. The van der Waals surface area contributed by atoms with E-state index < -0.39 is 0 Å². The number of H-pyrrole nitrogens is 1. The summed E-state index contributed by atoms with van der Waals surface area (Å²) in [5.74, 6) is 1.52. The van der Waals surface area contributed by atoms with E-state index in [9.17, 15) is 4.79 Å². The van der Waals surface area contributed by atoms with Crippen LogP contribution in [0.4, 0.5) is 5.69 Å². The van der Waals surface area contributed by atoms with Gasteiger partial charge in [0.1, 0.15) is 5.75 Å². The summed E-state index contributed by atoms with van der Waals surface area (Å²) in [6.07, 6.45) is 0.881. The molecule has 0 bridgehead atoms. The lowest BCUT2D eigenvalue weighted by molar-refractivity contribution is -0.116. The van der Waals surface area contributed by atoms with Crippen molar-refractivity contribution in [3.63, 3.8) is 0 Å². The molecule has 0 saturated carbocycles. The van der Waals surface area contributed by atoms with E-state index >= 15 is 0 Å². The van der Waals surface area contributed by atoms with E-state index in [1.54, 1.807) is 25.3 Å². The number of ether oxygens (including phenoxy) is 1. The normalized spacial score (nSPS) is 15.5. The molecule has 6 nitrogen and oxygen atoms in total. The maximum atomic E-state index is 12.8. The van der Waals surface area contributed by atoms with E-state index in [-0.39, 0.29) is 17.7 Å². The summed E-state index contributed by atoms with van der Waals surface area (Å²) in [6, 6.07) is 13.5. The molecule has 0 spiro atoms. The first-order valence-corrected chi connectivity index (χ1v) is 10.2. The molecule has 1 atom stereocenters. The van der Waals surface area contributed by atoms with Crippen LogP contribution in [0.25, 0.3) is 11.4 Å². The van der Waals surface area contributed by atoms with Crippen molar-refractivity contribution in [3.8, 4) is 17.1 Å². The Kier molecular flexibility index (Phi) is 5.28. The van der Waals surface area contributed by atoms with Crippen LogP contribution in [0.3, 0.4) is 0 Å². The fourth-order valence-corrected chi connectivity index (χ4v) is 4.27. The van der Waals surface area contributed by atoms with Crippen molar-refractivity contribution in [2.24, 2.45) is 0 Å². The van der Waals surface area contributed by atoms with E-state index in [4.69, 9.17) is 16.3 Å². The number of nitrogens with one attached hydrogen (secondary N) is 1. The number of carbonyl (C=O) groups is 1. The molecule has 1 aliphatic heterocycles. The van der Waals surface area contributed by atoms with E-state index in [0.717, 1.165) is 17.7 Å². The minimum absolute atomic E-state index is 0.0501. The van der Waals surface area contributed by atoms with Crippen molar-refractivity contribution in [2.75, 3.05) is 17.8 Å². The summed E-state index contributed by atoms with van der Waals surface area (Å²) < 4.78 is 5.36. The molecule has 28 heavy (non-hydrogen) atoms. The zero-order valence-corrected chi connectivity index (χ0v) is 17.0. The van der Waals surface area contributed by atoms with Gasteiger partial charge in [0.15, 0.2) is 5.82 Å². The third-order valence-corrected chi connectivity index (χ3v) is 5.75. The number of aromatic amines is 1. The number of anilines is 1.